The molecule has 0 aliphatic heterocycles. The molecule has 0 bridgehead atoms. The number of nitrogens with one attached hydrogen (secondary N) is 1. The van der Waals surface area contributed by atoms with E-state index in [4.69, 9.17) is 0 Å². The molecule has 2 aromatic rings. The third-order valence-electron chi connectivity index (χ3n) is 3.84. The van der Waals surface area contributed by atoms with Crippen molar-refractivity contribution in [3.05, 3.63) is 47.8 Å². The molecule has 0 atom stereocenters. The van der Waals surface area contributed by atoms with Gasteiger partial charge in [0.15, 0.2) is 0 Å². The summed E-state index contributed by atoms with van der Waals surface area (Å²) in [6.45, 7) is 7.71. The minimum Gasteiger partial charge on any atom is -0.352 e. The third-order valence-corrected chi connectivity index (χ3v) is 3.84. The van der Waals surface area contributed by atoms with Crippen molar-refractivity contribution in [3.8, 4) is 0 Å². The van der Waals surface area contributed by atoms with Crippen LogP contribution in [0.4, 0.5) is 11.6 Å². The van der Waals surface area contributed by atoms with Crippen LogP contribution >= 0.6 is 0 Å². The number of anilines is 2. The highest BCUT2D eigenvalue weighted by atomic mass is 16.1. The second-order valence-electron chi connectivity index (χ2n) is 5.82. The number of aryl methyl sites for hydroxylation is 1. The molecule has 0 spiro atoms. The molecular weight excluding hydrogens is 300 g/mol. The van der Waals surface area contributed by atoms with Gasteiger partial charge >= 0.3 is 0 Å². The van der Waals surface area contributed by atoms with Gasteiger partial charge in [-0.05, 0) is 38.0 Å². The quantitative estimate of drug-likeness (QED) is 0.748. The molecule has 1 aromatic heterocycles. The van der Waals surface area contributed by atoms with Crippen molar-refractivity contribution in [2.75, 3.05) is 18.0 Å². The Morgan fingerprint density at radius 1 is 1.17 bits per heavy atom. The van der Waals surface area contributed by atoms with Gasteiger partial charge in [-0.25, -0.2) is 9.97 Å². The minimum absolute atomic E-state index is 0.115. The summed E-state index contributed by atoms with van der Waals surface area (Å²) in [4.78, 5) is 22.8. The number of nitrogens with zero attached hydrogens (tertiary/aromatic N) is 3. The standard InChI is InChI=1S/C19H26N4O/c1-4-6-7-11-20-18(24)16-13-21-19(22-14-16)23(5-2)17-10-8-9-15(3)12-17/h8-10,12-14H,4-7,11H2,1-3H3,(H,20,24). The second kappa shape index (κ2) is 9.01. The Hall–Kier alpha value is -2.43. The van der Waals surface area contributed by atoms with E-state index in [0.29, 0.717) is 18.1 Å². The maximum Gasteiger partial charge on any atom is 0.254 e. The van der Waals surface area contributed by atoms with Crippen LogP contribution in [-0.4, -0.2) is 29.0 Å². The molecule has 0 aliphatic rings. The summed E-state index contributed by atoms with van der Waals surface area (Å²) in [6.07, 6.45) is 6.45. The number of benzene rings is 1. The first-order valence-electron chi connectivity index (χ1n) is 8.60. The summed E-state index contributed by atoms with van der Waals surface area (Å²) in [5, 5.41) is 2.90. The van der Waals surface area contributed by atoms with E-state index in [1.165, 1.54) is 5.56 Å². The first kappa shape index (κ1) is 17.9. The third kappa shape index (κ3) is 4.78. The number of carbonyl (C=O) groups excluding carboxylic acids is 1. The lowest BCUT2D eigenvalue weighted by molar-refractivity contribution is 0.0952. The van der Waals surface area contributed by atoms with E-state index < -0.39 is 0 Å². The molecule has 24 heavy (non-hydrogen) atoms. The number of aromatic nitrogens is 2. The number of hydrogen-bond donors (Lipinski definition) is 1. The van der Waals surface area contributed by atoms with Gasteiger partial charge in [-0.2, -0.15) is 0 Å². The summed E-state index contributed by atoms with van der Waals surface area (Å²) in [5.41, 5.74) is 2.74. The molecule has 1 N–H and O–H groups in total. The van der Waals surface area contributed by atoms with E-state index in [-0.39, 0.29) is 5.91 Å². The average Bonchev–Trinajstić information content (AvgIpc) is 2.60. The van der Waals surface area contributed by atoms with E-state index in [9.17, 15) is 4.79 Å². The van der Waals surface area contributed by atoms with Crippen LogP contribution in [0.2, 0.25) is 0 Å². The molecule has 1 heterocycles. The van der Waals surface area contributed by atoms with Crippen LogP contribution in [0.1, 0.15) is 49.0 Å². The maximum atomic E-state index is 12.1. The van der Waals surface area contributed by atoms with E-state index in [2.05, 4.69) is 48.2 Å². The monoisotopic (exact) mass is 326 g/mol. The van der Waals surface area contributed by atoms with Crippen molar-refractivity contribution in [2.45, 2.75) is 40.0 Å². The van der Waals surface area contributed by atoms with E-state index in [0.717, 1.165) is 31.5 Å². The highest BCUT2D eigenvalue weighted by molar-refractivity contribution is 5.93. The first-order chi connectivity index (χ1) is 11.7. The lowest BCUT2D eigenvalue weighted by Gasteiger charge is -2.21. The number of hydrogen-bond acceptors (Lipinski definition) is 4. The van der Waals surface area contributed by atoms with Crippen LogP contribution < -0.4 is 10.2 Å². The second-order valence-corrected chi connectivity index (χ2v) is 5.82. The summed E-state index contributed by atoms with van der Waals surface area (Å²) in [6, 6.07) is 8.21. The number of carbonyl (C=O) groups is 1. The molecule has 2 rings (SSSR count). The van der Waals surface area contributed by atoms with Gasteiger partial charge in [0.2, 0.25) is 5.95 Å². The lowest BCUT2D eigenvalue weighted by Crippen LogP contribution is -2.25. The smallest absolute Gasteiger partial charge is 0.254 e. The van der Waals surface area contributed by atoms with Crippen LogP contribution in [0.5, 0.6) is 0 Å². The zero-order valence-corrected chi connectivity index (χ0v) is 14.7. The zero-order chi connectivity index (χ0) is 17.4. The summed E-state index contributed by atoms with van der Waals surface area (Å²) < 4.78 is 0. The van der Waals surface area contributed by atoms with E-state index >= 15 is 0 Å². The average molecular weight is 326 g/mol. The number of unbranched alkanes of at least 4 members (excludes halogenated alkanes) is 2. The van der Waals surface area contributed by atoms with Crippen molar-refractivity contribution >= 4 is 17.5 Å². The molecule has 5 heteroatoms. The molecule has 0 radical (unpaired) electrons. The molecular formula is C19H26N4O. The normalized spacial score (nSPS) is 10.5. The Kier molecular flexibility index (Phi) is 6.73. The predicted octanol–water partition coefficient (Wildman–Crippen LogP) is 3.86. The van der Waals surface area contributed by atoms with Crippen LogP contribution in [-0.2, 0) is 0 Å². The minimum atomic E-state index is -0.115. The SMILES string of the molecule is CCCCCNC(=O)c1cnc(N(CC)c2cccc(C)c2)nc1. The molecule has 1 aromatic carbocycles. The van der Waals surface area contributed by atoms with Crippen molar-refractivity contribution in [3.63, 3.8) is 0 Å². The highest BCUT2D eigenvalue weighted by Gasteiger charge is 2.12. The molecule has 0 saturated carbocycles. The van der Waals surface area contributed by atoms with Gasteiger partial charge in [0.05, 0.1) is 5.56 Å². The van der Waals surface area contributed by atoms with Crippen LogP contribution in [0.3, 0.4) is 0 Å². The molecule has 128 valence electrons. The Morgan fingerprint density at radius 2 is 1.92 bits per heavy atom. The van der Waals surface area contributed by atoms with Crippen molar-refractivity contribution in [1.29, 1.82) is 0 Å². The Labute approximate surface area is 144 Å². The van der Waals surface area contributed by atoms with Gasteiger partial charge in [-0.15, -0.1) is 0 Å². The Bertz CT molecular complexity index is 655. The van der Waals surface area contributed by atoms with Gasteiger partial charge in [0, 0.05) is 31.2 Å². The summed E-state index contributed by atoms with van der Waals surface area (Å²) in [5.74, 6) is 0.488. The zero-order valence-electron chi connectivity index (χ0n) is 14.7. The summed E-state index contributed by atoms with van der Waals surface area (Å²) >= 11 is 0. The van der Waals surface area contributed by atoms with Crippen LogP contribution in [0, 0.1) is 6.92 Å². The molecule has 0 saturated heterocycles. The topological polar surface area (TPSA) is 58.1 Å². The highest BCUT2D eigenvalue weighted by Crippen LogP contribution is 2.22. The Balaban J connectivity index is 2.06. The largest absolute Gasteiger partial charge is 0.352 e. The first-order valence-corrected chi connectivity index (χ1v) is 8.60. The molecule has 0 unspecified atom stereocenters. The predicted molar refractivity (Wildman–Crippen MR) is 97.7 cm³/mol. The van der Waals surface area contributed by atoms with Gasteiger partial charge in [0.1, 0.15) is 0 Å². The van der Waals surface area contributed by atoms with Crippen molar-refractivity contribution in [2.24, 2.45) is 0 Å². The molecule has 0 aliphatic carbocycles. The van der Waals surface area contributed by atoms with E-state index in [1.54, 1.807) is 12.4 Å². The van der Waals surface area contributed by atoms with Gasteiger partial charge in [-0.3, -0.25) is 4.79 Å². The van der Waals surface area contributed by atoms with Crippen LogP contribution in [0.25, 0.3) is 0 Å². The fourth-order valence-electron chi connectivity index (χ4n) is 2.49. The van der Waals surface area contributed by atoms with Gasteiger partial charge in [-0.1, -0.05) is 31.9 Å². The van der Waals surface area contributed by atoms with Crippen molar-refractivity contribution in [1.82, 2.24) is 15.3 Å². The van der Waals surface area contributed by atoms with Gasteiger partial charge < -0.3 is 10.2 Å². The number of rotatable bonds is 8. The van der Waals surface area contributed by atoms with Crippen molar-refractivity contribution < 1.29 is 4.79 Å². The van der Waals surface area contributed by atoms with Gasteiger partial charge in [0.25, 0.3) is 5.91 Å². The van der Waals surface area contributed by atoms with Crippen LogP contribution in [0.15, 0.2) is 36.7 Å². The lowest BCUT2D eigenvalue weighted by atomic mass is 10.2. The molecule has 0 fully saturated rings. The number of amides is 1. The molecule has 1 amide bonds. The fraction of sp³-hybridized carbons (Fsp3) is 0.421. The fourth-order valence-corrected chi connectivity index (χ4v) is 2.49. The Morgan fingerprint density at radius 3 is 2.54 bits per heavy atom. The van der Waals surface area contributed by atoms with E-state index in [1.807, 2.05) is 17.0 Å². The molecule has 5 nitrogen and oxygen atoms in total. The maximum absolute atomic E-state index is 12.1. The summed E-state index contributed by atoms with van der Waals surface area (Å²) in [7, 11) is 0.